The van der Waals surface area contributed by atoms with E-state index in [1.54, 1.807) is 0 Å². The lowest BCUT2D eigenvalue weighted by atomic mass is 10.1. The van der Waals surface area contributed by atoms with Gasteiger partial charge in [-0.2, -0.15) is 0 Å². The second-order valence-corrected chi connectivity index (χ2v) is 6.88. The first-order valence-electron chi connectivity index (χ1n) is 7.99. The Bertz CT molecular complexity index is 921. The van der Waals surface area contributed by atoms with Gasteiger partial charge in [-0.05, 0) is 25.1 Å². The first-order valence-corrected chi connectivity index (χ1v) is 8.81. The summed E-state index contributed by atoms with van der Waals surface area (Å²) in [6.07, 6.45) is 1.98. The number of benzene rings is 2. The quantitative estimate of drug-likeness (QED) is 0.224. The van der Waals surface area contributed by atoms with Crippen molar-refractivity contribution in [3.63, 3.8) is 0 Å². The van der Waals surface area contributed by atoms with Crippen LogP contribution in [-0.2, 0) is 6.54 Å². The second-order valence-electron chi connectivity index (χ2n) is 5.79. The number of nitrogens with one attached hydrogen (secondary N) is 2. The van der Waals surface area contributed by atoms with E-state index in [2.05, 4.69) is 9.88 Å². The predicted octanol–water partition coefficient (Wildman–Crippen LogP) is 3.98. The number of carbonyl (C=O) groups excluding carboxylic acids is 1. The highest BCUT2D eigenvalue weighted by atomic mass is 127. The van der Waals surface area contributed by atoms with Gasteiger partial charge in [-0.1, -0.05) is 47.7 Å². The molecular weight excluding hydrogens is 459 g/mol. The first-order chi connectivity index (χ1) is 12.0. The van der Waals surface area contributed by atoms with Gasteiger partial charge in [0.25, 0.3) is 5.91 Å². The Morgan fingerprint density at radius 1 is 1.19 bits per heavy atom. The van der Waals surface area contributed by atoms with E-state index in [1.807, 2.05) is 61.7 Å². The number of hydrogen-bond donors (Lipinski definition) is 3. The maximum absolute atomic E-state index is 12.2. The molecule has 5 nitrogen and oxygen atoms in total. The number of aryl methyl sites for hydroxylation is 1. The molecule has 0 spiro atoms. The zero-order valence-electron chi connectivity index (χ0n) is 14.4. The van der Waals surface area contributed by atoms with Crippen LogP contribution in [0.15, 0.2) is 59.6 Å². The van der Waals surface area contributed by atoms with E-state index in [0.29, 0.717) is 18.7 Å². The number of halogens is 1. The summed E-state index contributed by atoms with van der Waals surface area (Å²) in [5.74, 6) is -0.0743. The summed E-state index contributed by atoms with van der Waals surface area (Å²) in [7, 11) is 0. The van der Waals surface area contributed by atoms with Gasteiger partial charge in [-0.15, -0.1) is 24.0 Å². The number of thioether (sulfide) groups is 1. The third-order valence-electron chi connectivity index (χ3n) is 3.92. The van der Waals surface area contributed by atoms with Crippen molar-refractivity contribution in [2.45, 2.75) is 18.4 Å². The van der Waals surface area contributed by atoms with Crippen molar-refractivity contribution in [2.75, 3.05) is 6.54 Å². The minimum atomic E-state index is -0.0743. The standard InChI is InChI=1S/C19H20N4OS.HI/c1-13-6-8-14(9-7-13)18(24)22-10-11-23-12-17(25-19(20)21)15-4-2-3-5-16(15)23;/h2-9,12H,10-11H2,1H3,(H3,20,21)(H,22,24);1H. The van der Waals surface area contributed by atoms with Gasteiger partial charge >= 0.3 is 0 Å². The third-order valence-corrected chi connectivity index (χ3v) is 4.69. The smallest absolute Gasteiger partial charge is 0.251 e. The predicted molar refractivity (Wildman–Crippen MR) is 119 cm³/mol. The normalized spacial score (nSPS) is 10.3. The topological polar surface area (TPSA) is 83.9 Å². The summed E-state index contributed by atoms with van der Waals surface area (Å²) in [6, 6.07) is 15.5. The average Bonchev–Trinajstić information content (AvgIpc) is 2.93. The summed E-state index contributed by atoms with van der Waals surface area (Å²) >= 11 is 1.24. The van der Waals surface area contributed by atoms with Crippen LogP contribution in [0.25, 0.3) is 10.9 Å². The lowest BCUT2D eigenvalue weighted by Crippen LogP contribution is -2.27. The molecule has 1 aromatic heterocycles. The van der Waals surface area contributed by atoms with Gasteiger partial charge in [0.15, 0.2) is 5.17 Å². The van der Waals surface area contributed by atoms with Crippen LogP contribution in [0, 0.1) is 12.3 Å². The van der Waals surface area contributed by atoms with E-state index in [4.69, 9.17) is 11.1 Å². The van der Waals surface area contributed by atoms with Crippen molar-refractivity contribution < 1.29 is 4.79 Å². The fourth-order valence-corrected chi connectivity index (χ4v) is 3.39. The van der Waals surface area contributed by atoms with Crippen LogP contribution in [0.3, 0.4) is 0 Å². The minimum Gasteiger partial charge on any atom is -0.378 e. The van der Waals surface area contributed by atoms with E-state index < -0.39 is 0 Å². The summed E-state index contributed by atoms with van der Waals surface area (Å²) < 4.78 is 2.08. The molecular formula is C19H21IN4OS. The number of nitrogens with zero attached hydrogens (tertiary/aromatic N) is 1. The molecule has 3 rings (SSSR count). The molecule has 136 valence electrons. The van der Waals surface area contributed by atoms with Crippen molar-refractivity contribution in [2.24, 2.45) is 5.73 Å². The van der Waals surface area contributed by atoms with E-state index in [-0.39, 0.29) is 35.1 Å². The first kappa shape index (κ1) is 20.3. The number of rotatable bonds is 5. The number of fused-ring (bicyclic) bond motifs is 1. The monoisotopic (exact) mass is 480 g/mol. The molecule has 7 heteroatoms. The lowest BCUT2D eigenvalue weighted by Gasteiger charge is -2.08. The Balaban J connectivity index is 0.00000243. The lowest BCUT2D eigenvalue weighted by molar-refractivity contribution is 0.0952. The molecule has 0 atom stereocenters. The maximum atomic E-state index is 12.2. The van der Waals surface area contributed by atoms with Gasteiger partial charge in [0.2, 0.25) is 0 Å². The van der Waals surface area contributed by atoms with E-state index >= 15 is 0 Å². The Kier molecular flexibility index (Phi) is 7.10. The SMILES string of the molecule is Cc1ccc(C(=O)NCCn2cc(SC(=N)N)c3ccccc32)cc1.I. The van der Waals surface area contributed by atoms with Crippen LogP contribution < -0.4 is 11.1 Å². The zero-order chi connectivity index (χ0) is 17.8. The summed E-state index contributed by atoms with van der Waals surface area (Å²) in [5.41, 5.74) is 8.38. The van der Waals surface area contributed by atoms with Crippen molar-refractivity contribution in [3.05, 3.63) is 65.9 Å². The maximum Gasteiger partial charge on any atom is 0.251 e. The van der Waals surface area contributed by atoms with Gasteiger partial charge in [0, 0.05) is 40.6 Å². The van der Waals surface area contributed by atoms with Crippen LogP contribution in [0.5, 0.6) is 0 Å². The molecule has 0 aliphatic heterocycles. The highest BCUT2D eigenvalue weighted by Gasteiger charge is 2.10. The van der Waals surface area contributed by atoms with Gasteiger partial charge in [0.05, 0.1) is 0 Å². The molecule has 0 fully saturated rings. The van der Waals surface area contributed by atoms with Crippen LogP contribution >= 0.6 is 35.7 Å². The second kappa shape index (κ2) is 9.09. The number of amidine groups is 1. The van der Waals surface area contributed by atoms with Gasteiger partial charge < -0.3 is 15.6 Å². The van der Waals surface area contributed by atoms with Crippen molar-refractivity contribution >= 4 is 57.7 Å². The molecule has 0 aliphatic carbocycles. The Labute approximate surface area is 173 Å². The Morgan fingerprint density at radius 3 is 2.58 bits per heavy atom. The third kappa shape index (κ3) is 4.79. The number of hydrogen-bond acceptors (Lipinski definition) is 3. The number of para-hydroxylation sites is 1. The Morgan fingerprint density at radius 2 is 1.88 bits per heavy atom. The molecule has 26 heavy (non-hydrogen) atoms. The molecule has 0 saturated carbocycles. The summed E-state index contributed by atoms with van der Waals surface area (Å²) in [6.45, 7) is 3.17. The van der Waals surface area contributed by atoms with Crippen LogP contribution in [0.4, 0.5) is 0 Å². The van der Waals surface area contributed by atoms with Gasteiger partial charge in [0.1, 0.15) is 0 Å². The van der Waals surface area contributed by atoms with Crippen molar-refractivity contribution in [1.82, 2.24) is 9.88 Å². The highest BCUT2D eigenvalue weighted by Crippen LogP contribution is 2.29. The zero-order valence-corrected chi connectivity index (χ0v) is 17.5. The molecule has 3 aromatic rings. The molecule has 2 aromatic carbocycles. The van der Waals surface area contributed by atoms with Crippen LogP contribution in [0.1, 0.15) is 15.9 Å². The number of carbonyl (C=O) groups is 1. The van der Waals surface area contributed by atoms with E-state index in [0.717, 1.165) is 21.4 Å². The molecule has 0 unspecified atom stereocenters. The largest absolute Gasteiger partial charge is 0.378 e. The van der Waals surface area contributed by atoms with Crippen LogP contribution in [0.2, 0.25) is 0 Å². The van der Waals surface area contributed by atoms with Crippen LogP contribution in [-0.4, -0.2) is 22.2 Å². The number of nitrogens with two attached hydrogens (primary N) is 1. The minimum absolute atomic E-state index is 0. The molecule has 0 aliphatic rings. The summed E-state index contributed by atoms with van der Waals surface area (Å²) in [5, 5.41) is 11.6. The van der Waals surface area contributed by atoms with E-state index in [9.17, 15) is 4.79 Å². The van der Waals surface area contributed by atoms with Gasteiger partial charge in [-0.25, -0.2) is 0 Å². The molecule has 4 N–H and O–H groups in total. The summed E-state index contributed by atoms with van der Waals surface area (Å²) in [4.78, 5) is 13.1. The van der Waals surface area contributed by atoms with E-state index in [1.165, 1.54) is 11.8 Å². The van der Waals surface area contributed by atoms with Gasteiger partial charge in [-0.3, -0.25) is 10.2 Å². The fourth-order valence-electron chi connectivity index (χ4n) is 2.69. The molecule has 1 heterocycles. The molecule has 1 amide bonds. The molecule has 0 radical (unpaired) electrons. The highest BCUT2D eigenvalue weighted by molar-refractivity contribution is 14.0. The van der Waals surface area contributed by atoms with Crippen molar-refractivity contribution in [1.29, 1.82) is 5.41 Å². The number of amides is 1. The fraction of sp³-hybridized carbons (Fsp3) is 0.158. The average molecular weight is 480 g/mol. The molecule has 0 bridgehead atoms. The van der Waals surface area contributed by atoms with Crippen molar-refractivity contribution in [3.8, 4) is 0 Å². The number of aromatic nitrogens is 1. The Hall–Kier alpha value is -2.00. The molecule has 0 saturated heterocycles.